The van der Waals surface area contributed by atoms with Crippen molar-refractivity contribution in [3.8, 4) is 11.5 Å². The second-order valence-corrected chi connectivity index (χ2v) is 8.50. The van der Waals surface area contributed by atoms with Crippen LogP contribution in [0.5, 0.6) is 11.5 Å². The van der Waals surface area contributed by atoms with Crippen molar-refractivity contribution in [1.82, 2.24) is 0 Å². The number of ether oxygens (including phenoxy) is 1. The molecule has 4 atom stereocenters. The summed E-state index contributed by atoms with van der Waals surface area (Å²) in [5, 5.41) is 20.9. The molecule has 0 bridgehead atoms. The Hall–Kier alpha value is -2.00. The first-order valence-corrected chi connectivity index (χ1v) is 10.3. The molecule has 144 valence electrons. The van der Waals surface area contributed by atoms with Gasteiger partial charge in [-0.15, -0.1) is 0 Å². The number of phenols is 1. The standard InChI is InChI=1S/C24H30O3/c1-24(26)14-13-21-20-12-10-18(25)16-17(20)9-11-22(21)23(24)8-5-15-27-19-6-3-2-4-7-19/h2-4,6-7,10,12,16,21-23,25-26H,5,8-9,11,13-15H2,1H3/t21-,22-,23+,24+/m1/s1. The van der Waals surface area contributed by atoms with Gasteiger partial charge in [-0.05, 0) is 98.6 Å². The summed E-state index contributed by atoms with van der Waals surface area (Å²) in [4.78, 5) is 0. The minimum atomic E-state index is -0.595. The van der Waals surface area contributed by atoms with Crippen LogP contribution in [0.25, 0.3) is 0 Å². The van der Waals surface area contributed by atoms with E-state index in [1.54, 1.807) is 0 Å². The van der Waals surface area contributed by atoms with Crippen LogP contribution in [0, 0.1) is 11.8 Å². The summed E-state index contributed by atoms with van der Waals surface area (Å²) in [6, 6.07) is 15.8. The fourth-order valence-corrected chi connectivity index (χ4v) is 5.40. The van der Waals surface area contributed by atoms with E-state index in [9.17, 15) is 10.2 Å². The van der Waals surface area contributed by atoms with Gasteiger partial charge in [-0.2, -0.15) is 0 Å². The van der Waals surface area contributed by atoms with Crippen LogP contribution in [0.3, 0.4) is 0 Å². The first kappa shape index (κ1) is 18.4. The second-order valence-electron chi connectivity index (χ2n) is 8.50. The summed E-state index contributed by atoms with van der Waals surface area (Å²) in [6.07, 6.45) is 5.93. The zero-order valence-electron chi connectivity index (χ0n) is 16.1. The molecule has 0 spiro atoms. The van der Waals surface area contributed by atoms with Crippen molar-refractivity contribution in [2.24, 2.45) is 11.8 Å². The fraction of sp³-hybridized carbons (Fsp3) is 0.500. The zero-order chi connectivity index (χ0) is 18.9. The normalized spacial score (nSPS) is 29.6. The van der Waals surface area contributed by atoms with Crippen molar-refractivity contribution in [1.29, 1.82) is 0 Å². The highest BCUT2D eigenvalue weighted by Gasteiger charge is 2.46. The average Bonchev–Trinajstić information content (AvgIpc) is 2.66. The van der Waals surface area contributed by atoms with E-state index >= 15 is 0 Å². The molecule has 0 amide bonds. The molecule has 0 heterocycles. The molecule has 4 rings (SSSR count). The molecule has 3 nitrogen and oxygen atoms in total. The van der Waals surface area contributed by atoms with Gasteiger partial charge in [0.2, 0.25) is 0 Å². The van der Waals surface area contributed by atoms with Crippen LogP contribution in [0.2, 0.25) is 0 Å². The molecule has 3 heteroatoms. The number of phenolic OH excluding ortho intramolecular Hbond substituents is 1. The van der Waals surface area contributed by atoms with Crippen LogP contribution in [-0.2, 0) is 6.42 Å². The predicted molar refractivity (Wildman–Crippen MR) is 107 cm³/mol. The summed E-state index contributed by atoms with van der Waals surface area (Å²) in [5.41, 5.74) is 2.09. The molecule has 2 aromatic rings. The average molecular weight is 367 g/mol. The Kier molecular flexibility index (Phi) is 5.14. The van der Waals surface area contributed by atoms with Crippen LogP contribution in [0.1, 0.15) is 56.1 Å². The van der Waals surface area contributed by atoms with E-state index < -0.39 is 5.60 Å². The predicted octanol–water partition coefficient (Wildman–Crippen LogP) is 5.06. The van der Waals surface area contributed by atoms with Gasteiger partial charge < -0.3 is 14.9 Å². The van der Waals surface area contributed by atoms with Crippen molar-refractivity contribution < 1.29 is 14.9 Å². The highest BCUT2D eigenvalue weighted by atomic mass is 16.5. The summed E-state index contributed by atoms with van der Waals surface area (Å²) in [5.74, 6) is 2.61. The Morgan fingerprint density at radius 1 is 1.11 bits per heavy atom. The molecule has 2 N–H and O–H groups in total. The maximum Gasteiger partial charge on any atom is 0.119 e. The lowest BCUT2D eigenvalue weighted by molar-refractivity contribution is -0.0755. The minimum absolute atomic E-state index is 0.303. The van der Waals surface area contributed by atoms with E-state index in [2.05, 4.69) is 6.07 Å². The third kappa shape index (κ3) is 3.84. The van der Waals surface area contributed by atoms with E-state index in [0.29, 0.717) is 30.1 Å². The van der Waals surface area contributed by atoms with E-state index in [1.807, 2.05) is 49.4 Å². The van der Waals surface area contributed by atoms with Crippen molar-refractivity contribution >= 4 is 0 Å². The number of rotatable bonds is 5. The molecule has 0 radical (unpaired) electrons. The highest BCUT2D eigenvalue weighted by Crippen LogP contribution is 2.52. The van der Waals surface area contributed by atoms with Gasteiger partial charge in [-0.1, -0.05) is 24.3 Å². The van der Waals surface area contributed by atoms with E-state index in [0.717, 1.165) is 44.3 Å². The first-order chi connectivity index (χ1) is 13.0. The van der Waals surface area contributed by atoms with E-state index in [4.69, 9.17) is 4.74 Å². The van der Waals surface area contributed by atoms with Gasteiger partial charge in [0.25, 0.3) is 0 Å². The lowest BCUT2D eigenvalue weighted by Crippen LogP contribution is -2.47. The quantitative estimate of drug-likeness (QED) is 0.727. The molecule has 2 aliphatic carbocycles. The summed E-state index contributed by atoms with van der Waals surface area (Å²) in [6.45, 7) is 2.72. The topological polar surface area (TPSA) is 49.7 Å². The number of hydrogen-bond donors (Lipinski definition) is 2. The van der Waals surface area contributed by atoms with E-state index in [-0.39, 0.29) is 0 Å². The van der Waals surface area contributed by atoms with Crippen molar-refractivity contribution in [3.05, 3.63) is 59.7 Å². The first-order valence-electron chi connectivity index (χ1n) is 10.3. The Balaban J connectivity index is 1.43. The van der Waals surface area contributed by atoms with E-state index in [1.165, 1.54) is 11.1 Å². The minimum Gasteiger partial charge on any atom is -0.508 e. The maximum atomic E-state index is 11.1. The third-order valence-corrected chi connectivity index (χ3v) is 6.74. The maximum absolute atomic E-state index is 11.1. The van der Waals surface area contributed by atoms with Gasteiger partial charge in [0, 0.05) is 0 Å². The number of aliphatic hydroxyl groups is 1. The van der Waals surface area contributed by atoms with Crippen molar-refractivity contribution in [2.75, 3.05) is 6.61 Å². The largest absolute Gasteiger partial charge is 0.508 e. The molecular weight excluding hydrogens is 336 g/mol. The number of aryl methyl sites for hydroxylation is 1. The van der Waals surface area contributed by atoms with Crippen molar-refractivity contribution in [2.45, 2.75) is 57.0 Å². The SMILES string of the molecule is C[C@]1(O)CC[C@@H]2c3ccc(O)cc3CC[C@H]2[C@@H]1CCCOc1ccccc1. The van der Waals surface area contributed by atoms with Crippen LogP contribution >= 0.6 is 0 Å². The molecular formula is C24H30O3. The van der Waals surface area contributed by atoms with Gasteiger partial charge >= 0.3 is 0 Å². The number of benzene rings is 2. The second kappa shape index (κ2) is 7.55. The number of para-hydroxylation sites is 1. The van der Waals surface area contributed by atoms with Gasteiger partial charge in [0.15, 0.2) is 0 Å². The van der Waals surface area contributed by atoms with Gasteiger partial charge in [0.1, 0.15) is 11.5 Å². The lowest BCUT2D eigenvalue weighted by Gasteiger charge is -2.49. The fourth-order valence-electron chi connectivity index (χ4n) is 5.40. The Morgan fingerprint density at radius 2 is 1.93 bits per heavy atom. The smallest absolute Gasteiger partial charge is 0.119 e. The molecule has 0 saturated heterocycles. The van der Waals surface area contributed by atoms with Gasteiger partial charge in [0.05, 0.1) is 12.2 Å². The lowest BCUT2D eigenvalue weighted by atomic mass is 9.58. The van der Waals surface area contributed by atoms with Gasteiger partial charge in [-0.3, -0.25) is 0 Å². The highest BCUT2D eigenvalue weighted by molar-refractivity contribution is 5.40. The molecule has 0 unspecified atom stereocenters. The zero-order valence-corrected chi connectivity index (χ0v) is 16.1. The molecule has 1 fully saturated rings. The molecule has 27 heavy (non-hydrogen) atoms. The van der Waals surface area contributed by atoms with Crippen LogP contribution < -0.4 is 4.74 Å². The monoisotopic (exact) mass is 366 g/mol. The molecule has 1 saturated carbocycles. The number of fused-ring (bicyclic) bond motifs is 3. The number of aromatic hydroxyl groups is 1. The van der Waals surface area contributed by atoms with Gasteiger partial charge in [-0.25, -0.2) is 0 Å². The van der Waals surface area contributed by atoms with Crippen LogP contribution in [0.15, 0.2) is 48.5 Å². The Bertz CT molecular complexity index is 768. The number of hydrogen-bond acceptors (Lipinski definition) is 3. The summed E-state index contributed by atoms with van der Waals surface area (Å²) >= 11 is 0. The third-order valence-electron chi connectivity index (χ3n) is 6.74. The Morgan fingerprint density at radius 3 is 2.74 bits per heavy atom. The molecule has 0 aromatic heterocycles. The summed E-state index contributed by atoms with van der Waals surface area (Å²) < 4.78 is 5.86. The molecule has 2 aliphatic rings. The molecule has 0 aliphatic heterocycles. The Labute approximate surface area is 162 Å². The summed E-state index contributed by atoms with van der Waals surface area (Å²) in [7, 11) is 0. The van der Waals surface area contributed by atoms with Crippen LogP contribution in [0.4, 0.5) is 0 Å². The molecule has 2 aromatic carbocycles. The van der Waals surface area contributed by atoms with Crippen molar-refractivity contribution in [3.63, 3.8) is 0 Å². The van der Waals surface area contributed by atoms with Crippen LogP contribution in [-0.4, -0.2) is 22.4 Å².